The maximum atomic E-state index is 12.5. The van der Waals surface area contributed by atoms with Crippen LogP contribution in [0.4, 0.5) is 28.7 Å². The van der Waals surface area contributed by atoms with Crippen LogP contribution in [0.15, 0.2) is 73.6 Å². The van der Waals surface area contributed by atoms with E-state index in [1.807, 2.05) is 24.3 Å². The number of nitrogens with two attached hydrogens (primary N) is 1. The topological polar surface area (TPSA) is 351 Å². The lowest BCUT2D eigenvalue weighted by Crippen LogP contribution is -2.53. The van der Waals surface area contributed by atoms with Crippen molar-refractivity contribution in [2.24, 2.45) is 5.73 Å². The first kappa shape index (κ1) is 80.5. The Kier molecular flexibility index (Phi) is 31.4. The van der Waals surface area contributed by atoms with Crippen LogP contribution >= 0.6 is 11.6 Å². The third-order valence-electron chi connectivity index (χ3n) is 19.7. The molecule has 6 fully saturated rings. The summed E-state index contributed by atoms with van der Waals surface area (Å²) in [5.74, 6) is 1.46. The number of ether oxygens (including phenoxy) is 3. The molecule has 3 saturated heterocycles. The van der Waals surface area contributed by atoms with Crippen molar-refractivity contribution < 1.29 is 54.8 Å². The van der Waals surface area contributed by atoms with Crippen LogP contribution in [0.3, 0.4) is 0 Å². The molecule has 6 aliphatic rings. The van der Waals surface area contributed by atoms with Crippen molar-refractivity contribution in [1.29, 1.82) is 0 Å². The molecule has 3 aromatic carbocycles. The monoisotopic (exact) mass is 1500 g/mol. The third kappa shape index (κ3) is 23.7. The summed E-state index contributed by atoms with van der Waals surface area (Å²) in [5.41, 5.74) is 10.0. The van der Waals surface area contributed by atoms with Crippen LogP contribution in [-0.4, -0.2) is 290 Å². The summed E-state index contributed by atoms with van der Waals surface area (Å²) in [6.07, 6.45) is 17.2. The van der Waals surface area contributed by atoms with Crippen molar-refractivity contribution in [2.75, 3.05) is 166 Å². The first-order valence-corrected chi connectivity index (χ1v) is 40.6. The molecule has 0 atom stereocenters. The van der Waals surface area contributed by atoms with Gasteiger partial charge in [0, 0.05) is 131 Å². The van der Waals surface area contributed by atoms with Gasteiger partial charge in [-0.05, 0) is 113 Å². The van der Waals surface area contributed by atoms with Gasteiger partial charge in [-0.1, -0.05) is 29.8 Å². The predicted molar refractivity (Wildman–Crippen MR) is 396 cm³/mol. The Balaban J connectivity index is 0.000000168. The normalized spacial score (nSPS) is 22.2. The molecule has 0 amide bonds. The first-order chi connectivity index (χ1) is 49.8. The van der Waals surface area contributed by atoms with Crippen molar-refractivity contribution in [2.45, 2.75) is 113 Å². The molecule has 3 saturated carbocycles. The zero-order valence-electron chi connectivity index (χ0n) is 58.3. The standard InChI is InChI=1S/2C23H32N6O4S.C14H29N3O4S.C9H4ClN3/c2*1-24-19-4-7-22-21(16-19)23(26-17-25-22)27-18-2-5-20(6-3-18)28-8-10-29(11-9-28)34(31,32)15-14-33-13-12-30;15-13-1-3-14(4-2-13)16-5-7-17(8-6-16)22(19,20)12-11-21-10-9-18;1-11-6-2-3-8-7(4-6)9(10)13-5-12-8/h2*4,7,16-18,20,30H,2-3,5-6,8-15H2,(H,25,26,27);13-14,18H,1-12,15H2;2-5H. The summed E-state index contributed by atoms with van der Waals surface area (Å²) in [6.45, 7) is 29.7. The van der Waals surface area contributed by atoms with E-state index < -0.39 is 30.1 Å². The van der Waals surface area contributed by atoms with E-state index in [0.29, 0.717) is 97.7 Å². The van der Waals surface area contributed by atoms with Crippen molar-refractivity contribution in [3.8, 4) is 0 Å². The van der Waals surface area contributed by atoms with E-state index in [1.165, 1.54) is 6.33 Å². The Labute approximate surface area is 609 Å². The predicted octanol–water partition coefficient (Wildman–Crippen LogP) is 5.77. The second-order valence-electron chi connectivity index (χ2n) is 26.2. The lowest BCUT2D eigenvalue weighted by atomic mass is 9.89. The summed E-state index contributed by atoms with van der Waals surface area (Å²) in [5, 5.41) is 36.1. The van der Waals surface area contributed by atoms with Gasteiger partial charge < -0.3 is 45.9 Å². The first-order valence-electron chi connectivity index (χ1n) is 35.4. The Hall–Kier alpha value is -6.63. The van der Waals surface area contributed by atoms with E-state index in [2.05, 4.69) is 69.8 Å². The van der Waals surface area contributed by atoms with Crippen LogP contribution in [0.1, 0.15) is 77.0 Å². The number of nitrogens with one attached hydrogen (secondary N) is 2. The number of fused-ring (bicyclic) bond motifs is 3. The van der Waals surface area contributed by atoms with Gasteiger partial charge in [0.2, 0.25) is 30.1 Å². The minimum atomic E-state index is -3.32. The van der Waals surface area contributed by atoms with Gasteiger partial charge >= 0.3 is 0 Å². The highest BCUT2D eigenvalue weighted by molar-refractivity contribution is 7.89. The molecule has 7 N–H and O–H groups in total. The zero-order chi connectivity index (χ0) is 73.2. The molecular weight excluding hydrogens is 1400 g/mol. The molecule has 3 aliphatic heterocycles. The smallest absolute Gasteiger partial charge is 0.216 e. The SMILES string of the molecule is NC1CCC(N2CCN(S(=O)(=O)CCOCCO)CC2)CC1.[C-]#[N+]c1ccc2ncnc(Cl)c2c1.[C-]#[N+]c1ccc2ncnc(NC3CCC(N4CCN(S(=O)(=O)CCOCCO)CC4)CC3)c2c1.[C-]#[N+]c1ccc2ncnc(NC3CCC(N4CCN(S(=O)(=O)CCOCCO)CC4)CC3)c2c1. The number of benzene rings is 3. The van der Waals surface area contributed by atoms with Gasteiger partial charge in [-0.15, -0.1) is 0 Å². The van der Waals surface area contributed by atoms with Crippen molar-refractivity contribution in [1.82, 2.24) is 57.5 Å². The van der Waals surface area contributed by atoms with Crippen LogP contribution in [0, 0.1) is 19.7 Å². The van der Waals surface area contributed by atoms with E-state index in [-0.39, 0.29) is 76.7 Å². The molecule has 0 bridgehead atoms. The van der Waals surface area contributed by atoms with Crippen LogP contribution in [0.2, 0.25) is 5.15 Å². The molecular formula is C69H97ClN18O12S3. The molecule has 0 unspecified atom stereocenters. The van der Waals surface area contributed by atoms with Gasteiger partial charge in [-0.2, -0.15) is 12.9 Å². The van der Waals surface area contributed by atoms with Crippen molar-refractivity contribution in [3.05, 3.63) is 113 Å². The molecule has 560 valence electrons. The summed E-state index contributed by atoms with van der Waals surface area (Å²) in [4.78, 5) is 42.9. The molecule has 3 aliphatic carbocycles. The number of rotatable bonds is 25. The molecule has 3 aromatic heterocycles. The van der Waals surface area contributed by atoms with E-state index in [9.17, 15) is 25.3 Å². The minimum Gasteiger partial charge on any atom is -0.394 e. The summed E-state index contributed by atoms with van der Waals surface area (Å²) in [6, 6.07) is 18.5. The highest BCUT2D eigenvalue weighted by atomic mass is 35.5. The lowest BCUT2D eigenvalue weighted by Gasteiger charge is -2.41. The Morgan fingerprint density at radius 2 is 0.728 bits per heavy atom. The van der Waals surface area contributed by atoms with E-state index in [1.54, 1.807) is 55.9 Å². The molecule has 34 heteroatoms. The number of anilines is 2. The molecule has 0 radical (unpaired) electrons. The van der Waals surface area contributed by atoms with E-state index in [0.717, 1.165) is 161 Å². The minimum absolute atomic E-state index is 0.00865. The fourth-order valence-corrected chi connectivity index (χ4v) is 18.1. The largest absolute Gasteiger partial charge is 0.394 e. The number of aliphatic hydroxyl groups is 3. The molecule has 103 heavy (non-hydrogen) atoms. The quantitative estimate of drug-likeness (QED) is 0.0225. The summed E-state index contributed by atoms with van der Waals surface area (Å²) in [7, 11) is -9.90. The second kappa shape index (κ2) is 40.2. The molecule has 12 rings (SSSR count). The average molecular weight is 1500 g/mol. The van der Waals surface area contributed by atoms with Crippen LogP contribution in [-0.2, 0) is 44.3 Å². The Morgan fingerprint density at radius 3 is 1.05 bits per heavy atom. The Bertz CT molecular complexity index is 3970. The molecule has 30 nitrogen and oxygen atoms in total. The van der Waals surface area contributed by atoms with E-state index >= 15 is 0 Å². The lowest BCUT2D eigenvalue weighted by molar-refractivity contribution is 0.0982. The van der Waals surface area contributed by atoms with Gasteiger partial charge in [0.1, 0.15) is 35.8 Å². The summed E-state index contributed by atoms with van der Waals surface area (Å²) >= 11 is 5.83. The van der Waals surface area contributed by atoms with Crippen molar-refractivity contribution >= 4 is 103 Å². The summed E-state index contributed by atoms with van der Waals surface area (Å²) < 4.78 is 94.5. The number of hydrogen-bond donors (Lipinski definition) is 6. The number of aliphatic hydroxyl groups excluding tert-OH is 3. The molecule has 6 heterocycles. The average Bonchev–Trinajstić information content (AvgIpc) is 0.809. The number of piperazine rings is 3. The van der Waals surface area contributed by atoms with Crippen molar-refractivity contribution in [3.63, 3.8) is 0 Å². The number of halogens is 1. The van der Waals surface area contributed by atoms with Gasteiger partial charge in [-0.25, -0.2) is 69.7 Å². The Morgan fingerprint density at radius 1 is 0.427 bits per heavy atom. The number of hydrogen-bond acceptors (Lipinski definition) is 24. The maximum Gasteiger partial charge on any atom is 0.216 e. The zero-order valence-corrected chi connectivity index (χ0v) is 61.5. The van der Waals surface area contributed by atoms with Gasteiger partial charge in [0.25, 0.3) is 0 Å². The highest BCUT2D eigenvalue weighted by Crippen LogP contribution is 2.33. The van der Waals surface area contributed by atoms with E-state index in [4.69, 9.17) is 66.6 Å². The fourth-order valence-electron chi connectivity index (χ4n) is 14.0. The number of aromatic nitrogens is 6. The van der Waals surface area contributed by atoms with Crippen LogP contribution in [0.5, 0.6) is 0 Å². The third-order valence-corrected chi connectivity index (χ3v) is 25.5. The van der Waals surface area contributed by atoms with Gasteiger partial charge in [-0.3, -0.25) is 14.7 Å². The van der Waals surface area contributed by atoms with Crippen LogP contribution in [0.25, 0.3) is 47.2 Å². The maximum absolute atomic E-state index is 12.5. The fraction of sp³-hybridized carbons (Fsp3) is 0.609. The van der Waals surface area contributed by atoms with Gasteiger partial charge in [0.05, 0.1) is 113 Å². The number of sulfonamides is 3. The van der Waals surface area contributed by atoms with Crippen LogP contribution < -0.4 is 16.4 Å². The second-order valence-corrected chi connectivity index (χ2v) is 32.8. The number of nitrogens with zero attached hydrogens (tertiary/aromatic N) is 15. The molecule has 6 aromatic rings. The van der Waals surface area contributed by atoms with Gasteiger partial charge in [0.15, 0.2) is 17.1 Å². The molecule has 0 spiro atoms. The highest BCUT2D eigenvalue weighted by Gasteiger charge is 2.36.